The van der Waals surface area contributed by atoms with Crippen molar-refractivity contribution in [2.24, 2.45) is 7.05 Å². The van der Waals surface area contributed by atoms with Crippen molar-refractivity contribution >= 4 is 16.8 Å². The Morgan fingerprint density at radius 3 is 2.61 bits per heavy atom. The van der Waals surface area contributed by atoms with Gasteiger partial charge in [-0.15, -0.1) is 0 Å². The molecule has 36 heavy (non-hydrogen) atoms. The Bertz CT molecular complexity index is 1310. The van der Waals surface area contributed by atoms with Crippen LogP contribution < -0.4 is 25.7 Å². The molecule has 2 aromatic carbocycles. The molecule has 0 atom stereocenters. The summed E-state index contributed by atoms with van der Waals surface area (Å²) in [6.07, 6.45) is 2.13. The SMILES string of the molecule is Cc1ccc2c(C(=O)NCCN3CCC(NCc4ccc5c(c4)OCCO5)CC3)cc(=O)n(C)c2c1. The molecule has 0 bridgehead atoms. The molecule has 190 valence electrons. The van der Waals surface area contributed by atoms with E-state index in [0.29, 0.717) is 31.4 Å². The summed E-state index contributed by atoms with van der Waals surface area (Å²) < 4.78 is 12.9. The fourth-order valence-electron chi connectivity index (χ4n) is 4.99. The molecule has 0 unspecified atom stereocenters. The van der Waals surface area contributed by atoms with Crippen molar-refractivity contribution in [1.82, 2.24) is 20.1 Å². The third-order valence-electron chi connectivity index (χ3n) is 7.15. The summed E-state index contributed by atoms with van der Waals surface area (Å²) in [4.78, 5) is 27.7. The molecule has 0 radical (unpaired) electrons. The molecular formula is C28H34N4O4. The van der Waals surface area contributed by atoms with Crippen LogP contribution in [0.25, 0.3) is 10.9 Å². The second-order valence-electron chi connectivity index (χ2n) is 9.71. The molecule has 2 N–H and O–H groups in total. The maximum Gasteiger partial charge on any atom is 0.252 e. The predicted octanol–water partition coefficient (Wildman–Crippen LogP) is 2.60. The van der Waals surface area contributed by atoms with Crippen molar-refractivity contribution in [2.75, 3.05) is 39.4 Å². The highest BCUT2D eigenvalue weighted by Crippen LogP contribution is 2.30. The second-order valence-corrected chi connectivity index (χ2v) is 9.71. The summed E-state index contributed by atoms with van der Waals surface area (Å²) in [6.45, 7) is 7.32. The van der Waals surface area contributed by atoms with Gasteiger partial charge in [-0.05, 0) is 62.2 Å². The number of aryl methyl sites for hydroxylation is 2. The van der Waals surface area contributed by atoms with Crippen LogP contribution >= 0.6 is 0 Å². The molecule has 5 rings (SSSR count). The Labute approximate surface area is 211 Å². The first-order valence-electron chi connectivity index (χ1n) is 12.7. The van der Waals surface area contributed by atoms with E-state index in [2.05, 4.69) is 27.7 Å². The molecule has 1 aromatic heterocycles. The molecule has 1 saturated heterocycles. The van der Waals surface area contributed by atoms with Gasteiger partial charge in [0.05, 0.1) is 11.1 Å². The average Bonchev–Trinajstić information content (AvgIpc) is 2.90. The summed E-state index contributed by atoms with van der Waals surface area (Å²) in [5, 5.41) is 7.48. The minimum absolute atomic E-state index is 0.177. The van der Waals surface area contributed by atoms with Crippen LogP contribution in [0.1, 0.15) is 34.3 Å². The van der Waals surface area contributed by atoms with Crippen LogP contribution in [0.15, 0.2) is 47.3 Å². The van der Waals surface area contributed by atoms with Gasteiger partial charge >= 0.3 is 0 Å². The van der Waals surface area contributed by atoms with Gasteiger partial charge < -0.3 is 29.6 Å². The molecule has 8 heteroatoms. The van der Waals surface area contributed by atoms with Gasteiger partial charge in [0, 0.05) is 44.2 Å². The van der Waals surface area contributed by atoms with E-state index in [1.165, 1.54) is 11.6 Å². The zero-order valence-corrected chi connectivity index (χ0v) is 21.0. The number of aromatic nitrogens is 1. The highest BCUT2D eigenvalue weighted by Gasteiger charge is 2.20. The smallest absolute Gasteiger partial charge is 0.252 e. The Morgan fingerprint density at radius 2 is 1.81 bits per heavy atom. The van der Waals surface area contributed by atoms with Gasteiger partial charge in [0.15, 0.2) is 11.5 Å². The number of likely N-dealkylation sites (tertiary alicyclic amines) is 1. The van der Waals surface area contributed by atoms with E-state index in [1.54, 1.807) is 11.6 Å². The zero-order valence-electron chi connectivity index (χ0n) is 21.0. The highest BCUT2D eigenvalue weighted by molar-refractivity contribution is 6.06. The van der Waals surface area contributed by atoms with Crippen LogP contribution in [0, 0.1) is 6.92 Å². The number of ether oxygens (including phenoxy) is 2. The number of fused-ring (bicyclic) bond motifs is 2. The van der Waals surface area contributed by atoms with E-state index < -0.39 is 0 Å². The summed E-state index contributed by atoms with van der Waals surface area (Å²) in [6, 6.07) is 13.9. The van der Waals surface area contributed by atoms with E-state index in [1.807, 2.05) is 31.2 Å². The lowest BCUT2D eigenvalue weighted by Gasteiger charge is -2.32. The number of pyridine rings is 1. The van der Waals surface area contributed by atoms with Crippen LogP contribution in [-0.2, 0) is 13.6 Å². The lowest BCUT2D eigenvalue weighted by molar-refractivity contribution is 0.0946. The number of nitrogens with one attached hydrogen (secondary N) is 2. The summed E-state index contributed by atoms with van der Waals surface area (Å²) in [5.74, 6) is 1.46. The number of carbonyl (C=O) groups excluding carboxylic acids is 1. The topological polar surface area (TPSA) is 84.8 Å². The van der Waals surface area contributed by atoms with Crippen LogP contribution in [0.5, 0.6) is 11.5 Å². The van der Waals surface area contributed by atoms with Crippen LogP contribution in [0.2, 0.25) is 0 Å². The monoisotopic (exact) mass is 490 g/mol. The Morgan fingerprint density at radius 1 is 1.03 bits per heavy atom. The minimum atomic E-state index is -0.197. The van der Waals surface area contributed by atoms with Crippen molar-refractivity contribution in [3.63, 3.8) is 0 Å². The molecule has 3 aromatic rings. The molecular weight excluding hydrogens is 456 g/mol. The van der Waals surface area contributed by atoms with E-state index >= 15 is 0 Å². The molecule has 2 aliphatic heterocycles. The third-order valence-corrected chi connectivity index (χ3v) is 7.15. The molecule has 0 aliphatic carbocycles. The minimum Gasteiger partial charge on any atom is -0.486 e. The van der Waals surface area contributed by atoms with E-state index in [4.69, 9.17) is 9.47 Å². The number of carbonyl (C=O) groups is 1. The van der Waals surface area contributed by atoms with Crippen LogP contribution in [0.4, 0.5) is 0 Å². The highest BCUT2D eigenvalue weighted by atomic mass is 16.6. The standard InChI is InChI=1S/C28H34N4O4/c1-19-3-5-22-23(17-27(33)31(2)24(22)15-19)28(34)29-9-12-32-10-7-21(8-11-32)30-18-20-4-6-25-26(16-20)36-14-13-35-25/h3-6,15-17,21,30H,7-14,18H2,1-2H3,(H,29,34). The van der Waals surface area contributed by atoms with Gasteiger partial charge in [-0.3, -0.25) is 9.59 Å². The van der Waals surface area contributed by atoms with Crippen LogP contribution in [0.3, 0.4) is 0 Å². The Balaban J connectivity index is 1.08. The number of nitrogens with zero attached hydrogens (tertiary/aromatic N) is 2. The second kappa shape index (κ2) is 10.7. The van der Waals surface area contributed by atoms with Gasteiger partial charge in [-0.25, -0.2) is 0 Å². The van der Waals surface area contributed by atoms with Gasteiger partial charge in [0.25, 0.3) is 11.5 Å². The molecule has 3 heterocycles. The van der Waals surface area contributed by atoms with Gasteiger partial charge in [-0.2, -0.15) is 0 Å². The largest absolute Gasteiger partial charge is 0.486 e. The number of hydrogen-bond acceptors (Lipinski definition) is 6. The fourth-order valence-corrected chi connectivity index (χ4v) is 4.99. The summed E-state index contributed by atoms with van der Waals surface area (Å²) in [7, 11) is 1.74. The molecule has 8 nitrogen and oxygen atoms in total. The van der Waals surface area contributed by atoms with Crippen molar-refractivity contribution < 1.29 is 14.3 Å². The number of amides is 1. The van der Waals surface area contributed by atoms with Crippen molar-refractivity contribution in [3.05, 3.63) is 69.5 Å². The molecule has 2 aliphatic rings. The lowest BCUT2D eigenvalue weighted by atomic mass is 10.0. The summed E-state index contributed by atoms with van der Waals surface area (Å²) >= 11 is 0. The lowest BCUT2D eigenvalue weighted by Crippen LogP contribution is -2.44. The molecule has 1 amide bonds. The normalized spacial score (nSPS) is 16.3. The molecule has 1 fully saturated rings. The van der Waals surface area contributed by atoms with Crippen molar-refractivity contribution in [3.8, 4) is 11.5 Å². The number of piperidine rings is 1. The first-order valence-corrected chi connectivity index (χ1v) is 12.7. The zero-order chi connectivity index (χ0) is 25.1. The number of hydrogen-bond donors (Lipinski definition) is 2. The quantitative estimate of drug-likeness (QED) is 0.530. The predicted molar refractivity (Wildman–Crippen MR) is 140 cm³/mol. The van der Waals surface area contributed by atoms with E-state index in [9.17, 15) is 9.59 Å². The van der Waals surface area contributed by atoms with E-state index in [-0.39, 0.29) is 11.5 Å². The average molecular weight is 491 g/mol. The Kier molecular flexibility index (Phi) is 7.25. The molecule has 0 saturated carbocycles. The van der Waals surface area contributed by atoms with E-state index in [0.717, 1.165) is 67.0 Å². The van der Waals surface area contributed by atoms with Gasteiger partial charge in [0.2, 0.25) is 0 Å². The van der Waals surface area contributed by atoms with Crippen molar-refractivity contribution in [1.29, 1.82) is 0 Å². The van der Waals surface area contributed by atoms with Gasteiger partial charge in [0.1, 0.15) is 13.2 Å². The number of benzene rings is 2. The summed E-state index contributed by atoms with van der Waals surface area (Å²) in [5.41, 5.74) is 3.29. The van der Waals surface area contributed by atoms with Crippen molar-refractivity contribution in [2.45, 2.75) is 32.4 Å². The van der Waals surface area contributed by atoms with Crippen LogP contribution in [-0.4, -0.2) is 60.8 Å². The fraction of sp³-hybridized carbons (Fsp3) is 0.429. The Hall–Kier alpha value is -3.36. The first kappa shape index (κ1) is 24.3. The van der Waals surface area contributed by atoms with Gasteiger partial charge in [-0.1, -0.05) is 18.2 Å². The third kappa shape index (κ3) is 5.39. The number of rotatable bonds is 7. The maximum absolute atomic E-state index is 12.9. The molecule has 0 spiro atoms. The maximum atomic E-state index is 12.9. The first-order chi connectivity index (χ1) is 17.5.